The highest BCUT2D eigenvalue weighted by Crippen LogP contribution is 2.50. The van der Waals surface area contributed by atoms with E-state index < -0.39 is 0 Å². The van der Waals surface area contributed by atoms with Crippen molar-refractivity contribution in [2.45, 2.75) is 106 Å². The van der Waals surface area contributed by atoms with Gasteiger partial charge in [0.15, 0.2) is 5.71 Å². The maximum Gasteiger partial charge on any atom is 0.210 e. The van der Waals surface area contributed by atoms with Crippen LogP contribution in [-0.4, -0.2) is 24.4 Å². The molecule has 2 aliphatic rings. The van der Waals surface area contributed by atoms with Gasteiger partial charge in [0.1, 0.15) is 7.05 Å². The van der Waals surface area contributed by atoms with E-state index >= 15 is 0 Å². The summed E-state index contributed by atoms with van der Waals surface area (Å²) < 4.78 is 2.42. The van der Waals surface area contributed by atoms with Gasteiger partial charge in [-0.05, 0) is 104 Å². The molecule has 2 aromatic carbocycles. The van der Waals surface area contributed by atoms with E-state index in [0.29, 0.717) is 0 Å². The van der Waals surface area contributed by atoms with Gasteiger partial charge in [0.25, 0.3) is 0 Å². The van der Waals surface area contributed by atoms with Crippen LogP contribution >= 0.6 is 0 Å². The molecule has 0 amide bonds. The number of likely N-dealkylation sites (N-methyl/N-ethyl adjacent to an activating group) is 1. The molecule has 0 saturated heterocycles. The molecule has 0 fully saturated rings. The first-order valence-electron chi connectivity index (χ1n) is 15.8. The van der Waals surface area contributed by atoms with Crippen LogP contribution in [0.4, 0.5) is 11.4 Å². The molecule has 0 aromatic heterocycles. The first kappa shape index (κ1) is 30.8. The van der Waals surface area contributed by atoms with E-state index in [-0.39, 0.29) is 10.8 Å². The van der Waals surface area contributed by atoms with Gasteiger partial charge in [-0.3, -0.25) is 0 Å². The number of hydrogen-bond acceptors (Lipinski definition) is 1. The van der Waals surface area contributed by atoms with E-state index in [2.05, 4.69) is 147 Å². The summed E-state index contributed by atoms with van der Waals surface area (Å²) >= 11 is 0. The third-order valence-corrected chi connectivity index (χ3v) is 9.95. The van der Waals surface area contributed by atoms with Crippen molar-refractivity contribution < 1.29 is 4.58 Å². The van der Waals surface area contributed by atoms with Crippen LogP contribution in [0.25, 0.3) is 0 Å². The molecular weight excluding hydrogens is 496 g/mol. The summed E-state index contributed by atoms with van der Waals surface area (Å²) in [5, 5.41) is 0. The standard InChI is InChI=1S/C39H53N2/c1-13-28-25-33-37(31(16-4)30(28)15-3)39(9,10)35(41(33)12)23-21-19-17-18-20-22-34-38(7,8)36-29(14-2)27(6)26(5)24-32(36)40(34)11/h17-25H,13-16H2,1-12H3/q+1. The molecule has 0 unspecified atom stereocenters. The van der Waals surface area contributed by atoms with Gasteiger partial charge in [0, 0.05) is 41.6 Å². The van der Waals surface area contributed by atoms with E-state index in [1.54, 1.807) is 11.1 Å². The Morgan fingerprint density at radius 3 is 1.95 bits per heavy atom. The summed E-state index contributed by atoms with van der Waals surface area (Å²) in [6.45, 7) is 23.2. The van der Waals surface area contributed by atoms with Crippen LogP contribution in [0.5, 0.6) is 0 Å². The van der Waals surface area contributed by atoms with Gasteiger partial charge >= 0.3 is 0 Å². The van der Waals surface area contributed by atoms with Crippen molar-refractivity contribution in [2.24, 2.45) is 0 Å². The van der Waals surface area contributed by atoms with Crippen molar-refractivity contribution in [3.05, 3.63) is 105 Å². The number of fused-ring (bicyclic) bond motifs is 2. The Morgan fingerprint density at radius 1 is 0.732 bits per heavy atom. The van der Waals surface area contributed by atoms with Crippen LogP contribution in [0.2, 0.25) is 0 Å². The minimum atomic E-state index is -0.0160. The number of rotatable bonds is 8. The van der Waals surface area contributed by atoms with Gasteiger partial charge in [-0.25, -0.2) is 0 Å². The molecule has 0 bridgehead atoms. The molecular formula is C39H53N2+. The predicted octanol–water partition coefficient (Wildman–Crippen LogP) is 9.54. The smallest absolute Gasteiger partial charge is 0.210 e. The molecule has 0 N–H and O–H groups in total. The molecule has 4 rings (SSSR count). The van der Waals surface area contributed by atoms with Crippen molar-refractivity contribution in [3.63, 3.8) is 0 Å². The molecule has 0 saturated carbocycles. The zero-order valence-corrected chi connectivity index (χ0v) is 27.9. The second-order valence-electron chi connectivity index (χ2n) is 12.9. The Morgan fingerprint density at radius 2 is 1.34 bits per heavy atom. The van der Waals surface area contributed by atoms with Crippen LogP contribution < -0.4 is 4.90 Å². The highest BCUT2D eigenvalue weighted by atomic mass is 15.2. The number of hydrogen-bond donors (Lipinski definition) is 0. The average molecular weight is 550 g/mol. The van der Waals surface area contributed by atoms with Crippen LogP contribution in [0.15, 0.2) is 60.4 Å². The average Bonchev–Trinajstić information content (AvgIpc) is 3.24. The second kappa shape index (κ2) is 11.6. The quantitative estimate of drug-likeness (QED) is 0.235. The summed E-state index contributed by atoms with van der Waals surface area (Å²) in [7, 11) is 4.45. The summed E-state index contributed by atoms with van der Waals surface area (Å²) in [5.41, 5.74) is 17.4. The van der Waals surface area contributed by atoms with Crippen LogP contribution in [-0.2, 0) is 36.5 Å². The summed E-state index contributed by atoms with van der Waals surface area (Å²) in [6, 6.07) is 4.82. The maximum atomic E-state index is 2.45. The third kappa shape index (κ3) is 4.98. The first-order valence-corrected chi connectivity index (χ1v) is 15.8. The summed E-state index contributed by atoms with van der Waals surface area (Å²) in [6.07, 6.45) is 19.8. The van der Waals surface area contributed by atoms with Crippen LogP contribution in [0, 0.1) is 13.8 Å². The number of aryl methyl sites for hydroxylation is 2. The van der Waals surface area contributed by atoms with E-state index in [1.807, 2.05) is 0 Å². The number of benzene rings is 2. The fourth-order valence-corrected chi connectivity index (χ4v) is 7.78. The molecule has 2 heterocycles. The molecule has 0 atom stereocenters. The minimum absolute atomic E-state index is 0.0151. The molecule has 2 aliphatic heterocycles. The topological polar surface area (TPSA) is 6.25 Å². The van der Waals surface area contributed by atoms with Crippen molar-refractivity contribution in [3.8, 4) is 0 Å². The Kier molecular flexibility index (Phi) is 8.74. The zero-order chi connectivity index (χ0) is 30.3. The van der Waals surface area contributed by atoms with Crippen LogP contribution in [0.3, 0.4) is 0 Å². The molecule has 0 radical (unpaired) electrons. The summed E-state index contributed by atoms with van der Waals surface area (Å²) in [4.78, 5) is 2.39. The van der Waals surface area contributed by atoms with Gasteiger partial charge in [-0.15, -0.1) is 0 Å². The van der Waals surface area contributed by atoms with E-state index in [0.717, 1.165) is 25.7 Å². The van der Waals surface area contributed by atoms with E-state index in [4.69, 9.17) is 0 Å². The van der Waals surface area contributed by atoms with E-state index in [1.165, 1.54) is 56.2 Å². The Balaban J connectivity index is 1.56. The maximum absolute atomic E-state index is 2.45. The number of anilines is 1. The fraction of sp³-hybridized carbons (Fsp3) is 0.462. The Hall–Kier alpha value is -3.13. The highest BCUT2D eigenvalue weighted by Gasteiger charge is 2.45. The minimum Gasteiger partial charge on any atom is -0.347 e. The molecule has 41 heavy (non-hydrogen) atoms. The van der Waals surface area contributed by atoms with Gasteiger partial charge in [0.05, 0.1) is 5.41 Å². The normalized spacial score (nSPS) is 18.6. The predicted molar refractivity (Wildman–Crippen MR) is 181 cm³/mol. The largest absolute Gasteiger partial charge is 0.347 e. The van der Waals surface area contributed by atoms with Crippen molar-refractivity contribution in [2.75, 3.05) is 19.0 Å². The van der Waals surface area contributed by atoms with E-state index in [9.17, 15) is 0 Å². The SMILES string of the molecule is CCc1cc2c(c(CC)c1CC)C(C)(C)C(C=CC=CC=CC=C1N(C)c3cc(C)c(C)c(CC)c3C1(C)C)=[N+]2C. The number of nitrogens with zero attached hydrogens (tertiary/aromatic N) is 2. The number of allylic oxidation sites excluding steroid dienone is 8. The highest BCUT2D eigenvalue weighted by molar-refractivity contribution is 6.03. The molecule has 0 aliphatic carbocycles. The zero-order valence-electron chi connectivity index (χ0n) is 27.9. The molecule has 2 aromatic rings. The van der Waals surface area contributed by atoms with Crippen molar-refractivity contribution >= 4 is 17.1 Å². The van der Waals surface area contributed by atoms with Gasteiger partial charge in [0.2, 0.25) is 5.69 Å². The van der Waals surface area contributed by atoms with Gasteiger partial charge in [-0.2, -0.15) is 4.58 Å². The first-order chi connectivity index (χ1) is 19.4. The van der Waals surface area contributed by atoms with Crippen LogP contribution in [0.1, 0.15) is 99.9 Å². The third-order valence-electron chi connectivity index (χ3n) is 9.95. The lowest BCUT2D eigenvalue weighted by molar-refractivity contribution is -0.401. The summed E-state index contributed by atoms with van der Waals surface area (Å²) in [5.74, 6) is 0. The van der Waals surface area contributed by atoms with Gasteiger partial charge in [-0.1, -0.05) is 71.9 Å². The molecule has 0 spiro atoms. The molecule has 2 nitrogen and oxygen atoms in total. The Bertz CT molecular complexity index is 1500. The monoisotopic (exact) mass is 549 g/mol. The second-order valence-corrected chi connectivity index (χ2v) is 12.9. The Labute approximate surface area is 250 Å². The van der Waals surface area contributed by atoms with Crippen molar-refractivity contribution in [1.29, 1.82) is 0 Å². The van der Waals surface area contributed by atoms with Gasteiger partial charge < -0.3 is 4.90 Å². The lowest BCUT2D eigenvalue weighted by atomic mass is 9.76. The fourth-order valence-electron chi connectivity index (χ4n) is 7.78. The van der Waals surface area contributed by atoms with Crippen molar-refractivity contribution in [1.82, 2.24) is 0 Å². The lowest BCUT2D eigenvalue weighted by Crippen LogP contribution is -2.28. The molecule has 218 valence electrons. The lowest BCUT2D eigenvalue weighted by Gasteiger charge is -2.25. The molecule has 2 heteroatoms.